The van der Waals surface area contributed by atoms with Crippen LogP contribution in [0.1, 0.15) is 52.1 Å². The van der Waals surface area contributed by atoms with Gasteiger partial charge in [0.25, 0.3) is 0 Å². The fourth-order valence-electron chi connectivity index (χ4n) is 2.54. The van der Waals surface area contributed by atoms with Crippen molar-refractivity contribution >= 4 is 35.0 Å². The zero-order valence-electron chi connectivity index (χ0n) is 14.3. The van der Waals surface area contributed by atoms with E-state index in [1.807, 2.05) is 6.92 Å². The molecule has 0 aliphatic carbocycles. The molecule has 138 valence electrons. The number of ether oxygens (including phenoxy) is 1. The molecule has 0 aliphatic rings. The molecule has 2 rings (SSSR count). The number of halogens is 2. The Bertz CT molecular complexity index is 861. The van der Waals surface area contributed by atoms with Crippen LogP contribution in [0.15, 0.2) is 24.3 Å². The highest BCUT2D eigenvalue weighted by Crippen LogP contribution is 2.34. The number of carbonyl (C=O) groups excluding carboxylic acids is 2. The summed E-state index contributed by atoms with van der Waals surface area (Å²) in [5.41, 5.74) is 0.358. The first-order valence-corrected chi connectivity index (χ1v) is 8.81. The molecule has 0 aliphatic heterocycles. The maximum atomic E-state index is 12.9. The van der Waals surface area contributed by atoms with Crippen LogP contribution in [0.2, 0.25) is 10.0 Å². The lowest BCUT2D eigenvalue weighted by Gasteiger charge is -2.13. The van der Waals surface area contributed by atoms with Gasteiger partial charge in [-0.25, -0.2) is 4.79 Å². The Balaban J connectivity index is 2.61. The van der Waals surface area contributed by atoms with Crippen molar-refractivity contribution in [1.82, 2.24) is 0 Å². The van der Waals surface area contributed by atoms with Crippen molar-refractivity contribution in [2.45, 2.75) is 26.7 Å². The Morgan fingerprint density at radius 2 is 1.69 bits per heavy atom. The third-order valence-electron chi connectivity index (χ3n) is 3.74. The second-order valence-corrected chi connectivity index (χ2v) is 6.46. The minimum atomic E-state index is -0.731. The van der Waals surface area contributed by atoms with Crippen molar-refractivity contribution in [3.8, 4) is 11.5 Å². The normalized spacial score (nSPS) is 10.6. The van der Waals surface area contributed by atoms with E-state index in [4.69, 9.17) is 27.9 Å². The molecule has 5 nitrogen and oxygen atoms in total. The zero-order chi connectivity index (χ0) is 19.4. The van der Waals surface area contributed by atoms with E-state index in [0.29, 0.717) is 18.4 Å². The number of phenols is 2. The number of esters is 1. The number of hydrogen-bond acceptors (Lipinski definition) is 5. The highest BCUT2D eigenvalue weighted by Gasteiger charge is 2.23. The molecule has 2 aromatic rings. The monoisotopic (exact) mass is 396 g/mol. The second-order valence-electron chi connectivity index (χ2n) is 5.61. The van der Waals surface area contributed by atoms with Gasteiger partial charge in [-0.1, -0.05) is 36.5 Å². The van der Waals surface area contributed by atoms with Crippen molar-refractivity contribution in [2.24, 2.45) is 0 Å². The molecular weight excluding hydrogens is 379 g/mol. The lowest BCUT2D eigenvalue weighted by Crippen LogP contribution is -2.10. The maximum absolute atomic E-state index is 12.9. The Labute approximate surface area is 161 Å². The molecule has 0 atom stereocenters. The summed E-state index contributed by atoms with van der Waals surface area (Å²) in [6, 6.07) is 5.33. The van der Waals surface area contributed by atoms with Crippen molar-refractivity contribution in [1.29, 1.82) is 0 Å². The van der Waals surface area contributed by atoms with Gasteiger partial charge in [0.15, 0.2) is 5.78 Å². The highest BCUT2D eigenvalue weighted by atomic mass is 35.5. The summed E-state index contributed by atoms with van der Waals surface area (Å²) in [6.07, 6.45) is 1.16. The third-order valence-corrected chi connectivity index (χ3v) is 4.24. The first-order valence-electron chi connectivity index (χ1n) is 8.05. The van der Waals surface area contributed by atoms with Gasteiger partial charge in [-0.3, -0.25) is 4.79 Å². The average molecular weight is 397 g/mol. The summed E-state index contributed by atoms with van der Waals surface area (Å²) in [4.78, 5) is 25.0. The Morgan fingerprint density at radius 1 is 1.00 bits per heavy atom. The van der Waals surface area contributed by atoms with E-state index in [9.17, 15) is 19.8 Å². The molecule has 0 fully saturated rings. The van der Waals surface area contributed by atoms with Gasteiger partial charge in [0, 0.05) is 10.6 Å². The van der Waals surface area contributed by atoms with Gasteiger partial charge in [0.2, 0.25) is 0 Å². The molecule has 0 bridgehead atoms. The second kappa shape index (κ2) is 8.43. The fourth-order valence-corrected chi connectivity index (χ4v) is 3.04. The average Bonchev–Trinajstić information content (AvgIpc) is 2.59. The first kappa shape index (κ1) is 20.1. The SMILES string of the molecule is CCCc1cc(C(=O)c2cc(Cl)cc(Cl)c2O)cc(C(=O)OCC)c1O. The number of carbonyl (C=O) groups is 2. The van der Waals surface area contributed by atoms with Crippen LogP contribution in [0.5, 0.6) is 11.5 Å². The van der Waals surface area contributed by atoms with Crippen LogP contribution in [-0.2, 0) is 11.2 Å². The van der Waals surface area contributed by atoms with E-state index < -0.39 is 17.5 Å². The van der Waals surface area contributed by atoms with Crippen molar-refractivity contribution in [2.75, 3.05) is 6.61 Å². The summed E-state index contributed by atoms with van der Waals surface area (Å²) < 4.78 is 4.94. The standard InChI is InChI=1S/C19H18Cl2O5/c1-3-5-10-6-11(7-14(16(10)22)19(25)26-4-2)17(23)13-8-12(20)9-15(21)18(13)24/h6-9,22,24H,3-5H2,1-2H3. The summed E-state index contributed by atoms with van der Waals surface area (Å²) in [5, 5.41) is 20.6. The molecule has 0 heterocycles. The van der Waals surface area contributed by atoms with Crippen LogP contribution in [0.4, 0.5) is 0 Å². The van der Waals surface area contributed by atoms with Gasteiger partial charge in [-0.15, -0.1) is 0 Å². The van der Waals surface area contributed by atoms with Crippen molar-refractivity contribution in [3.63, 3.8) is 0 Å². The molecule has 0 radical (unpaired) electrons. The van der Waals surface area contributed by atoms with Crippen LogP contribution in [0, 0.1) is 0 Å². The molecule has 2 aromatic carbocycles. The van der Waals surface area contributed by atoms with E-state index >= 15 is 0 Å². The molecule has 0 saturated heterocycles. The predicted octanol–water partition coefficient (Wildman–Crippen LogP) is 4.76. The summed E-state index contributed by atoms with van der Waals surface area (Å²) in [5.74, 6) is -1.92. The van der Waals surface area contributed by atoms with Crippen LogP contribution in [-0.4, -0.2) is 28.6 Å². The van der Waals surface area contributed by atoms with Crippen molar-refractivity contribution < 1.29 is 24.5 Å². The maximum Gasteiger partial charge on any atom is 0.341 e. The molecule has 2 N–H and O–H groups in total. The van der Waals surface area contributed by atoms with E-state index in [1.165, 1.54) is 24.3 Å². The predicted molar refractivity (Wildman–Crippen MR) is 99.6 cm³/mol. The quantitative estimate of drug-likeness (QED) is 0.542. The summed E-state index contributed by atoms with van der Waals surface area (Å²) >= 11 is 11.8. The number of aromatic hydroxyl groups is 2. The van der Waals surface area contributed by atoms with Gasteiger partial charge in [-0.2, -0.15) is 0 Å². The van der Waals surface area contributed by atoms with Crippen molar-refractivity contribution in [3.05, 3.63) is 56.6 Å². The molecular formula is C19H18Cl2O5. The Morgan fingerprint density at radius 3 is 2.31 bits per heavy atom. The summed E-state index contributed by atoms with van der Waals surface area (Å²) in [7, 11) is 0. The first-order chi connectivity index (χ1) is 12.3. The number of phenolic OH excluding ortho intramolecular Hbond substituents is 2. The van der Waals surface area contributed by atoms with Gasteiger partial charge >= 0.3 is 5.97 Å². The van der Waals surface area contributed by atoms with E-state index in [-0.39, 0.29) is 39.1 Å². The molecule has 0 saturated carbocycles. The molecule has 0 amide bonds. The summed E-state index contributed by atoms with van der Waals surface area (Å²) in [6.45, 7) is 3.67. The number of rotatable bonds is 6. The number of ketones is 1. The van der Waals surface area contributed by atoms with Crippen LogP contribution in [0.3, 0.4) is 0 Å². The van der Waals surface area contributed by atoms with Gasteiger partial charge in [0.1, 0.15) is 17.1 Å². The molecule has 7 heteroatoms. The van der Waals surface area contributed by atoms with E-state index in [1.54, 1.807) is 6.92 Å². The zero-order valence-corrected chi connectivity index (χ0v) is 15.8. The number of aryl methyl sites for hydroxylation is 1. The van der Waals surface area contributed by atoms with E-state index in [2.05, 4.69) is 0 Å². The minimum absolute atomic E-state index is 0.0565. The molecule has 0 unspecified atom stereocenters. The lowest BCUT2D eigenvalue weighted by atomic mass is 9.95. The molecule has 0 spiro atoms. The third kappa shape index (κ3) is 4.11. The smallest absolute Gasteiger partial charge is 0.341 e. The van der Waals surface area contributed by atoms with E-state index in [0.717, 1.165) is 0 Å². The van der Waals surface area contributed by atoms with Crippen LogP contribution >= 0.6 is 23.2 Å². The Hall–Kier alpha value is -2.24. The van der Waals surface area contributed by atoms with Crippen LogP contribution in [0.25, 0.3) is 0 Å². The van der Waals surface area contributed by atoms with Crippen LogP contribution < -0.4 is 0 Å². The molecule has 0 aromatic heterocycles. The largest absolute Gasteiger partial charge is 0.507 e. The van der Waals surface area contributed by atoms with Gasteiger partial charge in [-0.05, 0) is 43.2 Å². The Kier molecular flexibility index (Phi) is 6.51. The number of hydrogen-bond donors (Lipinski definition) is 2. The fraction of sp³-hybridized carbons (Fsp3) is 0.263. The lowest BCUT2D eigenvalue weighted by molar-refractivity contribution is 0.0523. The molecule has 26 heavy (non-hydrogen) atoms. The van der Waals surface area contributed by atoms with Gasteiger partial charge < -0.3 is 14.9 Å². The minimum Gasteiger partial charge on any atom is -0.507 e. The topological polar surface area (TPSA) is 83.8 Å². The number of benzene rings is 2. The highest BCUT2D eigenvalue weighted by molar-refractivity contribution is 6.36. The van der Waals surface area contributed by atoms with Gasteiger partial charge in [0.05, 0.1) is 17.2 Å².